The first-order valence-electron chi connectivity index (χ1n) is 31.3. The average Bonchev–Trinajstić information content (AvgIpc) is 3.36. The highest BCUT2D eigenvalue weighted by atomic mass is 16.5. The molecule has 70 heavy (non-hydrogen) atoms. The molecule has 6 nitrogen and oxygen atoms in total. The third kappa shape index (κ3) is 55.4. The summed E-state index contributed by atoms with van der Waals surface area (Å²) in [7, 11) is 0. The van der Waals surface area contributed by atoms with E-state index >= 15 is 0 Å². The summed E-state index contributed by atoms with van der Waals surface area (Å²) < 4.78 is 5.48. The summed E-state index contributed by atoms with van der Waals surface area (Å²) in [5.41, 5.74) is 0. The predicted octanol–water partition coefficient (Wildman–Crippen LogP) is 19.6. The molecule has 0 fully saturated rings. The number of nitrogens with one attached hydrogen (secondary N) is 1. The summed E-state index contributed by atoms with van der Waals surface area (Å²) in [6, 6.07) is -0.633. The van der Waals surface area contributed by atoms with Crippen LogP contribution in [0.4, 0.5) is 0 Å². The zero-order chi connectivity index (χ0) is 50.7. The van der Waals surface area contributed by atoms with Crippen molar-refractivity contribution < 1.29 is 24.5 Å². The van der Waals surface area contributed by atoms with Gasteiger partial charge in [0.2, 0.25) is 5.91 Å². The zero-order valence-electron chi connectivity index (χ0n) is 47.0. The first kappa shape index (κ1) is 68.1. The molecule has 6 heteroatoms. The Morgan fingerprint density at radius 3 is 1.10 bits per heavy atom. The molecule has 0 saturated carbocycles. The number of hydrogen-bond acceptors (Lipinski definition) is 5. The van der Waals surface area contributed by atoms with Gasteiger partial charge in [-0.15, -0.1) is 0 Å². The van der Waals surface area contributed by atoms with Crippen molar-refractivity contribution in [3.05, 3.63) is 36.5 Å². The maximum atomic E-state index is 12.5. The number of ether oxygens (including phenoxy) is 1. The van der Waals surface area contributed by atoms with Gasteiger partial charge in [-0.25, -0.2) is 0 Å². The quantitative estimate of drug-likeness (QED) is 0.0321. The first-order chi connectivity index (χ1) is 34.5. The maximum Gasteiger partial charge on any atom is 0.305 e. The molecule has 0 spiro atoms. The Hall–Kier alpha value is -1.92. The molecule has 2 unspecified atom stereocenters. The lowest BCUT2D eigenvalue weighted by Gasteiger charge is -2.20. The maximum absolute atomic E-state index is 12.5. The van der Waals surface area contributed by atoms with E-state index < -0.39 is 12.1 Å². The van der Waals surface area contributed by atoms with E-state index in [9.17, 15) is 19.8 Å². The van der Waals surface area contributed by atoms with Crippen LogP contribution in [0.3, 0.4) is 0 Å². The molecule has 0 aliphatic rings. The van der Waals surface area contributed by atoms with Crippen molar-refractivity contribution in [2.24, 2.45) is 0 Å². The second kappa shape index (κ2) is 59.6. The van der Waals surface area contributed by atoms with E-state index in [2.05, 4.69) is 43.5 Å². The lowest BCUT2D eigenvalue weighted by molar-refractivity contribution is -0.143. The Morgan fingerprint density at radius 2 is 0.714 bits per heavy atom. The fourth-order valence-electron chi connectivity index (χ4n) is 9.61. The van der Waals surface area contributed by atoms with Gasteiger partial charge in [0.25, 0.3) is 0 Å². The van der Waals surface area contributed by atoms with Gasteiger partial charge in [0.1, 0.15) is 0 Å². The van der Waals surface area contributed by atoms with Crippen LogP contribution >= 0.6 is 0 Å². The Kier molecular flexibility index (Phi) is 58.0. The lowest BCUT2D eigenvalue weighted by Crippen LogP contribution is -2.45. The third-order valence-corrected chi connectivity index (χ3v) is 14.4. The molecule has 0 aromatic heterocycles. The summed E-state index contributed by atoms with van der Waals surface area (Å²) in [4.78, 5) is 24.6. The van der Waals surface area contributed by atoms with Crippen molar-refractivity contribution in [3.63, 3.8) is 0 Å². The van der Waals surface area contributed by atoms with Gasteiger partial charge in [0, 0.05) is 12.8 Å². The predicted molar refractivity (Wildman–Crippen MR) is 306 cm³/mol. The van der Waals surface area contributed by atoms with Crippen LogP contribution in [0.5, 0.6) is 0 Å². The number of rotatable bonds is 58. The smallest absolute Gasteiger partial charge is 0.305 e. The molecule has 0 rings (SSSR count). The van der Waals surface area contributed by atoms with E-state index in [1.165, 1.54) is 257 Å². The number of unbranched alkanes of at least 4 members (excludes halogenated alkanes) is 43. The van der Waals surface area contributed by atoms with Gasteiger partial charge >= 0.3 is 5.97 Å². The van der Waals surface area contributed by atoms with E-state index in [0.29, 0.717) is 19.4 Å². The van der Waals surface area contributed by atoms with Gasteiger partial charge in [-0.1, -0.05) is 294 Å². The number of carbonyl (C=O) groups is 2. The second-order valence-electron chi connectivity index (χ2n) is 21.4. The van der Waals surface area contributed by atoms with Crippen LogP contribution in [0.25, 0.3) is 0 Å². The molecule has 0 aliphatic carbocycles. The van der Waals surface area contributed by atoms with Crippen molar-refractivity contribution in [2.45, 2.75) is 347 Å². The normalized spacial score (nSPS) is 12.8. The fourth-order valence-corrected chi connectivity index (χ4v) is 9.61. The van der Waals surface area contributed by atoms with Crippen molar-refractivity contribution in [1.82, 2.24) is 5.32 Å². The van der Waals surface area contributed by atoms with Crippen molar-refractivity contribution in [2.75, 3.05) is 13.2 Å². The van der Waals surface area contributed by atoms with Gasteiger partial charge < -0.3 is 20.3 Å². The standard InChI is InChI=1S/C64H121NO5/c1-3-5-7-9-11-13-15-17-19-21-22-23-25-28-32-36-40-44-48-52-56-62(67)61(60-66)65-63(68)57-53-49-45-41-37-33-29-26-24-27-31-35-39-43-47-51-55-59-70-64(69)58-54-50-46-42-38-34-30-20-18-16-14-12-10-8-6-4-2/h14,16,20,30,52,56,61-62,66-67H,3-13,15,17-19,21-29,31-51,53-55,57-60H2,1-2H3,(H,65,68)/b16-14-,30-20-,56-52+. The summed E-state index contributed by atoms with van der Waals surface area (Å²) in [6.07, 6.45) is 74.6. The number of carbonyl (C=O) groups excluding carboxylic acids is 2. The average molecular weight is 985 g/mol. The van der Waals surface area contributed by atoms with E-state index in [4.69, 9.17) is 4.74 Å². The molecule has 2 atom stereocenters. The molecule has 0 aromatic carbocycles. The molecule has 0 bridgehead atoms. The van der Waals surface area contributed by atoms with Crippen LogP contribution in [0, 0.1) is 0 Å². The molecule has 0 radical (unpaired) electrons. The van der Waals surface area contributed by atoms with Crippen LogP contribution in [0.1, 0.15) is 335 Å². The number of aliphatic hydroxyl groups excluding tert-OH is 2. The molecular formula is C64H121NO5. The molecule has 0 aliphatic heterocycles. The Morgan fingerprint density at radius 1 is 0.400 bits per heavy atom. The molecule has 0 aromatic rings. The molecule has 0 heterocycles. The van der Waals surface area contributed by atoms with E-state index in [0.717, 1.165) is 51.4 Å². The summed E-state index contributed by atoms with van der Waals surface area (Å²) in [6.45, 7) is 4.89. The first-order valence-corrected chi connectivity index (χ1v) is 31.3. The minimum atomic E-state index is -0.850. The molecule has 0 saturated heterocycles. The lowest BCUT2D eigenvalue weighted by atomic mass is 10.0. The Labute approximate surface area is 436 Å². The fraction of sp³-hybridized carbons (Fsp3) is 0.875. The number of hydrogen-bond donors (Lipinski definition) is 3. The van der Waals surface area contributed by atoms with Gasteiger partial charge in [-0.2, -0.15) is 0 Å². The van der Waals surface area contributed by atoms with Crippen molar-refractivity contribution in [1.29, 1.82) is 0 Å². The van der Waals surface area contributed by atoms with Crippen molar-refractivity contribution >= 4 is 11.9 Å². The van der Waals surface area contributed by atoms with Crippen LogP contribution in [0.15, 0.2) is 36.5 Å². The number of esters is 1. The highest BCUT2D eigenvalue weighted by Crippen LogP contribution is 2.17. The molecule has 3 N–H and O–H groups in total. The highest BCUT2D eigenvalue weighted by Gasteiger charge is 2.18. The van der Waals surface area contributed by atoms with Crippen LogP contribution in [-0.4, -0.2) is 47.4 Å². The Balaban J connectivity index is 3.45. The van der Waals surface area contributed by atoms with E-state index in [1.807, 2.05) is 6.08 Å². The summed E-state index contributed by atoms with van der Waals surface area (Å²) in [5.74, 6) is -0.0800. The third-order valence-electron chi connectivity index (χ3n) is 14.4. The van der Waals surface area contributed by atoms with Crippen LogP contribution in [0.2, 0.25) is 0 Å². The summed E-state index contributed by atoms with van der Waals surface area (Å²) >= 11 is 0. The monoisotopic (exact) mass is 984 g/mol. The molecule has 412 valence electrons. The van der Waals surface area contributed by atoms with Crippen LogP contribution in [-0.2, 0) is 14.3 Å². The largest absolute Gasteiger partial charge is 0.466 e. The number of aliphatic hydroxyl groups is 2. The van der Waals surface area contributed by atoms with Crippen LogP contribution < -0.4 is 5.32 Å². The summed E-state index contributed by atoms with van der Waals surface area (Å²) in [5, 5.41) is 23.2. The van der Waals surface area contributed by atoms with Gasteiger partial charge in [0.15, 0.2) is 0 Å². The number of amides is 1. The zero-order valence-corrected chi connectivity index (χ0v) is 47.0. The van der Waals surface area contributed by atoms with Crippen molar-refractivity contribution in [3.8, 4) is 0 Å². The minimum absolute atomic E-state index is 0.00870. The minimum Gasteiger partial charge on any atom is -0.466 e. The van der Waals surface area contributed by atoms with E-state index in [1.54, 1.807) is 6.08 Å². The topological polar surface area (TPSA) is 95.9 Å². The second-order valence-corrected chi connectivity index (χ2v) is 21.4. The molecular weight excluding hydrogens is 863 g/mol. The van der Waals surface area contributed by atoms with E-state index in [-0.39, 0.29) is 18.5 Å². The Bertz CT molecular complexity index is 1130. The van der Waals surface area contributed by atoms with Gasteiger partial charge in [-0.3, -0.25) is 9.59 Å². The van der Waals surface area contributed by atoms with Gasteiger partial charge in [-0.05, 0) is 64.2 Å². The highest BCUT2D eigenvalue weighted by molar-refractivity contribution is 5.76. The number of allylic oxidation sites excluding steroid dienone is 5. The van der Waals surface area contributed by atoms with Gasteiger partial charge in [0.05, 0.1) is 25.4 Å². The molecule has 1 amide bonds. The SMILES string of the molecule is CCCCCC/C=C\C/C=C\CCCCCCCC(=O)OCCCCCCCCCCCCCCCCCCCC(=O)NC(CO)C(O)/C=C/CCCCCCCCCCCCCCCCCCCC.